The molecular weight excluding hydrogens is 238 g/mol. The number of nitrogens with zero attached hydrogens (tertiary/aromatic N) is 3. The van der Waals surface area contributed by atoms with Gasteiger partial charge < -0.3 is 4.90 Å². The van der Waals surface area contributed by atoms with Crippen LogP contribution in [-0.4, -0.2) is 47.4 Å². The zero-order valence-corrected chi connectivity index (χ0v) is 10.7. The van der Waals surface area contributed by atoms with Crippen LogP contribution in [0.5, 0.6) is 0 Å². The molecule has 6 nitrogen and oxygen atoms in total. The number of anilines is 1. The van der Waals surface area contributed by atoms with Crippen molar-refractivity contribution in [2.45, 2.75) is 13.0 Å². The van der Waals surface area contributed by atoms with Crippen molar-refractivity contribution in [3.63, 3.8) is 0 Å². The summed E-state index contributed by atoms with van der Waals surface area (Å²) in [5.41, 5.74) is 2.53. The molecule has 0 unspecified atom stereocenters. The molecule has 2 rings (SSSR count). The molecule has 1 fully saturated rings. The predicted molar refractivity (Wildman–Crippen MR) is 67.5 cm³/mol. The van der Waals surface area contributed by atoms with Crippen LogP contribution in [0.15, 0.2) is 6.20 Å². The summed E-state index contributed by atoms with van der Waals surface area (Å²) in [6.07, 6.45) is 2.82. The second-order valence-electron chi connectivity index (χ2n) is 4.16. The summed E-state index contributed by atoms with van der Waals surface area (Å²) in [7, 11) is 1.86. The number of aromatic nitrogens is 1. The summed E-state index contributed by atoms with van der Waals surface area (Å²) in [4.78, 5) is 20.9. The lowest BCUT2D eigenvalue weighted by Gasteiger charge is -2.17. The lowest BCUT2D eigenvalue weighted by atomic mass is 10.4. The minimum absolute atomic E-state index is 0.184. The normalized spacial score (nSPS) is 18.2. The van der Waals surface area contributed by atoms with Crippen molar-refractivity contribution >= 4 is 22.4 Å². The van der Waals surface area contributed by atoms with Gasteiger partial charge in [-0.15, -0.1) is 0 Å². The highest BCUT2D eigenvalue weighted by Gasteiger charge is 2.19. The fourth-order valence-corrected chi connectivity index (χ4v) is 2.62. The number of rotatable bonds is 3. The minimum Gasteiger partial charge on any atom is -0.345 e. The van der Waals surface area contributed by atoms with E-state index >= 15 is 0 Å². The first kappa shape index (κ1) is 12.3. The van der Waals surface area contributed by atoms with Crippen LogP contribution in [0.2, 0.25) is 0 Å². The molecule has 94 valence electrons. The first-order valence-electron chi connectivity index (χ1n) is 5.56. The van der Waals surface area contributed by atoms with Gasteiger partial charge in [-0.1, -0.05) is 11.3 Å². The van der Waals surface area contributed by atoms with Gasteiger partial charge in [0.25, 0.3) is 0 Å². The molecule has 3 N–H and O–H groups in total. The van der Waals surface area contributed by atoms with Crippen molar-refractivity contribution < 1.29 is 4.79 Å². The Bertz CT molecular complexity index is 394. The third kappa shape index (κ3) is 3.15. The second-order valence-corrected chi connectivity index (χ2v) is 5.27. The number of hydrogen-bond acceptors (Lipinski definition) is 6. The van der Waals surface area contributed by atoms with E-state index in [4.69, 9.17) is 5.84 Å². The van der Waals surface area contributed by atoms with Crippen LogP contribution < -0.4 is 11.3 Å². The number of nitrogen functional groups attached to an aromatic ring is 1. The molecule has 0 radical (unpaired) electrons. The Morgan fingerprint density at radius 3 is 3.12 bits per heavy atom. The highest BCUT2D eigenvalue weighted by atomic mass is 32.1. The van der Waals surface area contributed by atoms with Gasteiger partial charge in [0.1, 0.15) is 0 Å². The summed E-state index contributed by atoms with van der Waals surface area (Å²) in [5.74, 6) is 5.47. The van der Waals surface area contributed by atoms with Crippen molar-refractivity contribution in [2.75, 3.05) is 32.1 Å². The van der Waals surface area contributed by atoms with E-state index in [1.165, 1.54) is 11.3 Å². The van der Waals surface area contributed by atoms with Gasteiger partial charge in [-0.05, 0) is 6.42 Å². The Morgan fingerprint density at radius 2 is 2.41 bits per heavy atom. The molecule has 17 heavy (non-hydrogen) atoms. The molecule has 1 aliphatic heterocycles. The standard InChI is InChI=1S/C10H17N5OS/c1-14-3-2-4-15(7-9(14)16)6-8-5-12-10(13-11)17-8/h5H,2-4,6-7,11H2,1H3,(H,12,13). The van der Waals surface area contributed by atoms with Crippen LogP contribution in [0.3, 0.4) is 0 Å². The number of likely N-dealkylation sites (N-methyl/N-ethyl adjacent to an activating group) is 1. The van der Waals surface area contributed by atoms with E-state index in [2.05, 4.69) is 15.3 Å². The van der Waals surface area contributed by atoms with Crippen molar-refractivity contribution in [1.29, 1.82) is 0 Å². The average molecular weight is 255 g/mol. The van der Waals surface area contributed by atoms with Gasteiger partial charge >= 0.3 is 0 Å². The maximum absolute atomic E-state index is 11.7. The zero-order valence-electron chi connectivity index (χ0n) is 9.85. The largest absolute Gasteiger partial charge is 0.345 e. The molecular formula is C10H17N5OS. The SMILES string of the molecule is CN1CCCN(Cc2cnc(NN)s2)CC1=O. The lowest BCUT2D eigenvalue weighted by molar-refractivity contribution is -0.129. The van der Waals surface area contributed by atoms with Gasteiger partial charge in [0.2, 0.25) is 5.91 Å². The Balaban J connectivity index is 1.96. The second kappa shape index (κ2) is 5.44. The molecule has 1 aromatic rings. The number of carbonyl (C=O) groups excluding carboxylic acids is 1. The van der Waals surface area contributed by atoms with Crippen LogP contribution >= 0.6 is 11.3 Å². The molecule has 0 aromatic carbocycles. The van der Waals surface area contributed by atoms with Gasteiger partial charge in [0.15, 0.2) is 5.13 Å². The maximum atomic E-state index is 11.7. The van der Waals surface area contributed by atoms with Crippen molar-refractivity contribution in [3.05, 3.63) is 11.1 Å². The lowest BCUT2D eigenvalue weighted by Crippen LogP contribution is -2.33. The van der Waals surface area contributed by atoms with Gasteiger partial charge in [-0.2, -0.15) is 0 Å². The molecule has 1 aromatic heterocycles. The van der Waals surface area contributed by atoms with Crippen molar-refractivity contribution in [2.24, 2.45) is 5.84 Å². The molecule has 0 saturated carbocycles. The fourth-order valence-electron chi connectivity index (χ4n) is 1.85. The van der Waals surface area contributed by atoms with Crippen LogP contribution in [0.4, 0.5) is 5.13 Å². The summed E-state index contributed by atoms with van der Waals surface area (Å²) >= 11 is 1.52. The smallest absolute Gasteiger partial charge is 0.236 e. The first-order chi connectivity index (χ1) is 8.19. The van der Waals surface area contributed by atoms with E-state index < -0.39 is 0 Å². The van der Waals surface area contributed by atoms with Gasteiger partial charge in [0.05, 0.1) is 6.54 Å². The molecule has 0 bridgehead atoms. The van der Waals surface area contributed by atoms with Crippen LogP contribution in [-0.2, 0) is 11.3 Å². The Hall–Kier alpha value is -1.18. The Morgan fingerprint density at radius 1 is 1.59 bits per heavy atom. The van der Waals surface area contributed by atoms with E-state index in [-0.39, 0.29) is 5.91 Å². The Labute approximate surface area is 104 Å². The monoisotopic (exact) mass is 255 g/mol. The predicted octanol–water partition coefficient (Wildman–Crippen LogP) is 0.0928. The van der Waals surface area contributed by atoms with Crippen LogP contribution in [0, 0.1) is 0 Å². The van der Waals surface area contributed by atoms with E-state index in [9.17, 15) is 4.79 Å². The van der Waals surface area contributed by atoms with E-state index in [0.717, 1.165) is 30.9 Å². The molecule has 0 aliphatic carbocycles. The van der Waals surface area contributed by atoms with Gasteiger partial charge in [-0.3, -0.25) is 15.1 Å². The average Bonchev–Trinajstić information content (AvgIpc) is 2.69. The molecule has 2 heterocycles. The van der Waals surface area contributed by atoms with Crippen molar-refractivity contribution in [1.82, 2.24) is 14.8 Å². The van der Waals surface area contributed by atoms with Crippen LogP contribution in [0.1, 0.15) is 11.3 Å². The molecule has 7 heteroatoms. The third-order valence-electron chi connectivity index (χ3n) is 2.81. The first-order valence-corrected chi connectivity index (χ1v) is 6.38. The van der Waals surface area contributed by atoms with Gasteiger partial charge in [0, 0.05) is 37.8 Å². The number of hydrogen-bond donors (Lipinski definition) is 2. The summed E-state index contributed by atoms with van der Waals surface area (Å²) in [6, 6.07) is 0. The number of nitrogens with one attached hydrogen (secondary N) is 1. The summed E-state index contributed by atoms with van der Waals surface area (Å²) in [5, 5.41) is 0.707. The molecule has 1 aliphatic rings. The highest BCUT2D eigenvalue weighted by Crippen LogP contribution is 2.19. The third-order valence-corrected chi connectivity index (χ3v) is 3.72. The Kier molecular flexibility index (Phi) is 3.93. The number of nitrogens with two attached hydrogens (primary N) is 1. The molecule has 0 spiro atoms. The van der Waals surface area contributed by atoms with E-state index in [1.54, 1.807) is 11.1 Å². The number of amides is 1. The van der Waals surface area contributed by atoms with Gasteiger partial charge in [-0.25, -0.2) is 10.8 Å². The topological polar surface area (TPSA) is 74.5 Å². The minimum atomic E-state index is 0.184. The highest BCUT2D eigenvalue weighted by molar-refractivity contribution is 7.15. The number of carbonyl (C=O) groups is 1. The molecule has 0 atom stereocenters. The van der Waals surface area contributed by atoms with E-state index in [1.807, 2.05) is 7.05 Å². The molecule has 1 saturated heterocycles. The quantitative estimate of drug-likeness (QED) is 0.591. The summed E-state index contributed by atoms with van der Waals surface area (Å²) in [6.45, 7) is 3.03. The van der Waals surface area contributed by atoms with E-state index in [0.29, 0.717) is 11.7 Å². The van der Waals surface area contributed by atoms with Crippen molar-refractivity contribution in [3.8, 4) is 0 Å². The zero-order chi connectivity index (χ0) is 12.3. The number of hydrazine groups is 1. The summed E-state index contributed by atoms with van der Waals surface area (Å²) < 4.78 is 0. The molecule has 1 amide bonds. The fraction of sp³-hybridized carbons (Fsp3) is 0.600. The maximum Gasteiger partial charge on any atom is 0.236 e. The van der Waals surface area contributed by atoms with Crippen LogP contribution in [0.25, 0.3) is 0 Å². The number of thiazole rings is 1.